The van der Waals surface area contributed by atoms with E-state index >= 15 is 0 Å². The van der Waals surface area contributed by atoms with Crippen LogP contribution in [0.5, 0.6) is 0 Å². The summed E-state index contributed by atoms with van der Waals surface area (Å²) >= 11 is 5.99. The molecule has 2 aliphatic rings. The Morgan fingerprint density at radius 1 is 0.969 bits per heavy atom. The van der Waals surface area contributed by atoms with Gasteiger partial charge in [-0.15, -0.1) is 0 Å². The molecule has 2 fully saturated rings. The highest BCUT2D eigenvalue weighted by atomic mass is 35.5. The van der Waals surface area contributed by atoms with Gasteiger partial charge in [0.1, 0.15) is 0 Å². The standard InChI is InChI=1S/C24H27ClN4O3/c1-27(22(30)17-10-11-17)21-9-3-2-8-20(21)23(31)28-12-5-13-29(15-14-28)24(32)26-19-7-4-6-18(25)16-19/h2-4,6-9,16-17H,5,10-15H2,1H3,(H,26,32). The van der Waals surface area contributed by atoms with Gasteiger partial charge in [-0.1, -0.05) is 29.8 Å². The van der Waals surface area contributed by atoms with E-state index in [1.807, 2.05) is 18.2 Å². The van der Waals surface area contributed by atoms with Crippen LogP contribution in [0, 0.1) is 5.92 Å². The van der Waals surface area contributed by atoms with Crippen molar-refractivity contribution in [1.29, 1.82) is 0 Å². The second-order valence-corrected chi connectivity index (χ2v) is 8.70. The number of halogens is 1. The summed E-state index contributed by atoms with van der Waals surface area (Å²) in [5.74, 6) is 0.0195. The van der Waals surface area contributed by atoms with E-state index in [2.05, 4.69) is 5.32 Å². The number of urea groups is 1. The number of amides is 4. The Bertz CT molecular complexity index is 1020. The molecule has 0 aromatic heterocycles. The molecule has 8 heteroatoms. The summed E-state index contributed by atoms with van der Waals surface area (Å²) in [6.45, 7) is 1.96. The molecule has 0 unspecified atom stereocenters. The normalized spacial score (nSPS) is 16.3. The van der Waals surface area contributed by atoms with Crippen molar-refractivity contribution in [3.8, 4) is 0 Å². The number of hydrogen-bond acceptors (Lipinski definition) is 3. The smallest absolute Gasteiger partial charge is 0.321 e. The van der Waals surface area contributed by atoms with Crippen LogP contribution in [0.25, 0.3) is 0 Å². The monoisotopic (exact) mass is 454 g/mol. The van der Waals surface area contributed by atoms with Crippen LogP contribution in [0.4, 0.5) is 16.2 Å². The van der Waals surface area contributed by atoms with Crippen LogP contribution < -0.4 is 10.2 Å². The summed E-state index contributed by atoms with van der Waals surface area (Å²) in [7, 11) is 1.73. The zero-order valence-electron chi connectivity index (χ0n) is 18.1. The molecule has 1 heterocycles. The number of para-hydroxylation sites is 1. The van der Waals surface area contributed by atoms with Gasteiger partial charge in [-0.05, 0) is 49.6 Å². The van der Waals surface area contributed by atoms with Gasteiger partial charge in [0.05, 0.1) is 11.3 Å². The van der Waals surface area contributed by atoms with Crippen molar-refractivity contribution in [3.05, 3.63) is 59.1 Å². The molecule has 1 saturated heterocycles. The van der Waals surface area contributed by atoms with Crippen LogP contribution >= 0.6 is 11.6 Å². The molecular formula is C24H27ClN4O3. The fraction of sp³-hybridized carbons (Fsp3) is 0.375. The van der Waals surface area contributed by atoms with Gasteiger partial charge in [-0.3, -0.25) is 9.59 Å². The fourth-order valence-corrected chi connectivity index (χ4v) is 4.12. The quantitative estimate of drug-likeness (QED) is 0.756. The van der Waals surface area contributed by atoms with Crippen molar-refractivity contribution in [1.82, 2.24) is 9.80 Å². The van der Waals surface area contributed by atoms with Crippen LogP contribution in [0.1, 0.15) is 29.6 Å². The number of hydrogen-bond donors (Lipinski definition) is 1. The van der Waals surface area contributed by atoms with Gasteiger partial charge in [-0.25, -0.2) is 4.79 Å². The Balaban J connectivity index is 1.42. The molecule has 4 amide bonds. The predicted molar refractivity (Wildman–Crippen MR) is 125 cm³/mol. The van der Waals surface area contributed by atoms with E-state index < -0.39 is 0 Å². The molecule has 7 nitrogen and oxygen atoms in total. The van der Waals surface area contributed by atoms with E-state index in [0.29, 0.717) is 54.6 Å². The minimum Gasteiger partial charge on any atom is -0.337 e. The number of benzene rings is 2. The number of anilines is 2. The summed E-state index contributed by atoms with van der Waals surface area (Å²) in [4.78, 5) is 43.7. The van der Waals surface area contributed by atoms with Crippen LogP contribution in [-0.4, -0.2) is 60.9 Å². The zero-order chi connectivity index (χ0) is 22.7. The van der Waals surface area contributed by atoms with E-state index in [1.54, 1.807) is 52.1 Å². The van der Waals surface area contributed by atoms with E-state index in [0.717, 1.165) is 12.8 Å². The molecule has 1 saturated carbocycles. The van der Waals surface area contributed by atoms with Crippen molar-refractivity contribution >= 4 is 40.8 Å². The fourth-order valence-electron chi connectivity index (χ4n) is 3.93. The predicted octanol–water partition coefficient (Wildman–Crippen LogP) is 4.09. The first kappa shape index (κ1) is 22.1. The lowest BCUT2D eigenvalue weighted by Gasteiger charge is -2.25. The lowest BCUT2D eigenvalue weighted by Crippen LogP contribution is -2.39. The van der Waals surface area contributed by atoms with E-state index in [9.17, 15) is 14.4 Å². The van der Waals surface area contributed by atoms with Gasteiger partial charge in [-0.2, -0.15) is 0 Å². The summed E-state index contributed by atoms with van der Waals surface area (Å²) in [5.41, 5.74) is 1.78. The third-order valence-electron chi connectivity index (χ3n) is 5.90. The molecule has 2 aromatic rings. The molecule has 1 aliphatic carbocycles. The molecule has 32 heavy (non-hydrogen) atoms. The highest BCUT2D eigenvalue weighted by Gasteiger charge is 2.34. The van der Waals surface area contributed by atoms with E-state index in [4.69, 9.17) is 11.6 Å². The van der Waals surface area contributed by atoms with Crippen LogP contribution in [-0.2, 0) is 4.79 Å². The zero-order valence-corrected chi connectivity index (χ0v) is 18.8. The third-order valence-corrected chi connectivity index (χ3v) is 6.13. The van der Waals surface area contributed by atoms with E-state index in [1.165, 1.54) is 0 Å². The Morgan fingerprint density at radius 2 is 1.69 bits per heavy atom. The molecule has 1 aliphatic heterocycles. The molecule has 4 rings (SSSR count). The Hall–Kier alpha value is -3.06. The summed E-state index contributed by atoms with van der Waals surface area (Å²) < 4.78 is 0. The topological polar surface area (TPSA) is 73.0 Å². The van der Waals surface area contributed by atoms with Gasteiger partial charge in [0.15, 0.2) is 0 Å². The molecule has 0 atom stereocenters. The average Bonchev–Trinajstić information content (AvgIpc) is 3.65. The first-order valence-corrected chi connectivity index (χ1v) is 11.3. The number of carbonyl (C=O) groups excluding carboxylic acids is 3. The molecule has 0 radical (unpaired) electrons. The molecule has 0 bridgehead atoms. The second-order valence-electron chi connectivity index (χ2n) is 8.26. The highest BCUT2D eigenvalue weighted by molar-refractivity contribution is 6.30. The van der Waals surface area contributed by atoms with Crippen molar-refractivity contribution < 1.29 is 14.4 Å². The maximum absolute atomic E-state index is 13.3. The minimum absolute atomic E-state index is 0.0602. The van der Waals surface area contributed by atoms with Crippen molar-refractivity contribution in [2.75, 3.05) is 43.4 Å². The summed E-state index contributed by atoms with van der Waals surface area (Å²) in [6, 6.07) is 14.0. The lowest BCUT2D eigenvalue weighted by atomic mass is 10.1. The van der Waals surface area contributed by atoms with Gasteiger partial charge in [0, 0.05) is 49.9 Å². The van der Waals surface area contributed by atoms with Gasteiger partial charge in [0.2, 0.25) is 5.91 Å². The Morgan fingerprint density at radius 3 is 2.44 bits per heavy atom. The Kier molecular flexibility index (Phi) is 6.65. The first-order chi connectivity index (χ1) is 15.4. The summed E-state index contributed by atoms with van der Waals surface area (Å²) in [5, 5.41) is 3.42. The van der Waals surface area contributed by atoms with E-state index in [-0.39, 0.29) is 23.8 Å². The maximum atomic E-state index is 13.3. The van der Waals surface area contributed by atoms with Crippen LogP contribution in [0.2, 0.25) is 5.02 Å². The van der Waals surface area contributed by atoms with Crippen LogP contribution in [0.15, 0.2) is 48.5 Å². The molecule has 0 spiro atoms. The number of nitrogens with zero attached hydrogens (tertiary/aromatic N) is 3. The largest absolute Gasteiger partial charge is 0.337 e. The van der Waals surface area contributed by atoms with Crippen molar-refractivity contribution in [3.63, 3.8) is 0 Å². The number of rotatable bonds is 4. The van der Waals surface area contributed by atoms with Gasteiger partial charge >= 0.3 is 6.03 Å². The second kappa shape index (κ2) is 9.61. The number of carbonyl (C=O) groups is 3. The Labute approximate surface area is 192 Å². The van der Waals surface area contributed by atoms with Gasteiger partial charge < -0.3 is 20.0 Å². The lowest BCUT2D eigenvalue weighted by molar-refractivity contribution is -0.119. The van der Waals surface area contributed by atoms with Crippen LogP contribution in [0.3, 0.4) is 0 Å². The van der Waals surface area contributed by atoms with Gasteiger partial charge in [0.25, 0.3) is 5.91 Å². The summed E-state index contributed by atoms with van der Waals surface area (Å²) in [6.07, 6.45) is 2.50. The molecule has 168 valence electrons. The molecule has 2 aromatic carbocycles. The average molecular weight is 455 g/mol. The maximum Gasteiger partial charge on any atom is 0.321 e. The number of nitrogens with one attached hydrogen (secondary N) is 1. The molecule has 1 N–H and O–H groups in total. The third kappa shape index (κ3) is 5.05. The first-order valence-electron chi connectivity index (χ1n) is 10.9. The molecular weight excluding hydrogens is 428 g/mol. The van der Waals surface area contributed by atoms with Crippen molar-refractivity contribution in [2.45, 2.75) is 19.3 Å². The SMILES string of the molecule is CN(C(=O)C1CC1)c1ccccc1C(=O)N1CCCN(C(=O)Nc2cccc(Cl)c2)CC1. The minimum atomic E-state index is -0.211. The van der Waals surface area contributed by atoms with Crippen molar-refractivity contribution in [2.24, 2.45) is 5.92 Å². The highest BCUT2D eigenvalue weighted by Crippen LogP contribution is 2.33.